The fourth-order valence-electron chi connectivity index (χ4n) is 3.03. The van der Waals surface area contributed by atoms with Crippen molar-refractivity contribution in [2.24, 2.45) is 0 Å². The summed E-state index contributed by atoms with van der Waals surface area (Å²) in [6, 6.07) is 8.12. The van der Waals surface area contributed by atoms with E-state index in [0.29, 0.717) is 6.42 Å². The van der Waals surface area contributed by atoms with Crippen molar-refractivity contribution >= 4 is 11.6 Å². The summed E-state index contributed by atoms with van der Waals surface area (Å²) in [6.07, 6.45) is 1.61. The van der Waals surface area contributed by atoms with Crippen LogP contribution in [0.3, 0.4) is 0 Å². The zero-order chi connectivity index (χ0) is 13.5. The summed E-state index contributed by atoms with van der Waals surface area (Å²) in [4.78, 5) is 13.7. The van der Waals surface area contributed by atoms with Crippen LogP contribution in [0.15, 0.2) is 24.3 Å². The van der Waals surface area contributed by atoms with Crippen LogP contribution < -0.4 is 10.2 Å². The molecule has 0 atom stereocenters. The van der Waals surface area contributed by atoms with E-state index >= 15 is 0 Å². The molecule has 0 unspecified atom stereocenters. The molecular formula is C15H16N4O. The smallest absolute Gasteiger partial charge is 0.227 e. The minimum Gasteiger partial charge on any atom is -0.312 e. The van der Waals surface area contributed by atoms with Crippen LogP contribution in [0.2, 0.25) is 0 Å². The molecule has 2 N–H and O–H groups in total. The summed E-state index contributed by atoms with van der Waals surface area (Å²) in [5.41, 5.74) is 5.46. The first-order valence-electron chi connectivity index (χ1n) is 7.00. The largest absolute Gasteiger partial charge is 0.312 e. The second-order valence-corrected chi connectivity index (χ2v) is 5.33. The van der Waals surface area contributed by atoms with Gasteiger partial charge in [-0.1, -0.05) is 12.1 Å². The second-order valence-electron chi connectivity index (χ2n) is 5.33. The Morgan fingerprint density at radius 1 is 1.25 bits per heavy atom. The lowest BCUT2D eigenvalue weighted by Crippen LogP contribution is -2.23. The van der Waals surface area contributed by atoms with E-state index in [0.717, 1.165) is 43.0 Å². The topological polar surface area (TPSA) is 61.0 Å². The molecule has 3 heterocycles. The first kappa shape index (κ1) is 11.7. The number of hydrogen-bond donors (Lipinski definition) is 2. The van der Waals surface area contributed by atoms with Crippen molar-refractivity contribution < 1.29 is 4.79 Å². The molecule has 5 heteroatoms. The lowest BCUT2D eigenvalue weighted by atomic mass is 10.1. The van der Waals surface area contributed by atoms with E-state index in [9.17, 15) is 4.79 Å². The van der Waals surface area contributed by atoms with E-state index in [4.69, 9.17) is 0 Å². The summed E-state index contributed by atoms with van der Waals surface area (Å²) in [5.74, 6) is 0.219. The molecule has 102 valence electrons. The molecule has 1 fully saturated rings. The Balaban J connectivity index is 1.74. The fourth-order valence-corrected chi connectivity index (χ4v) is 3.03. The molecule has 4 rings (SSSR count). The number of H-pyrrole nitrogens is 1. The summed E-state index contributed by atoms with van der Waals surface area (Å²) in [5, 5.41) is 10.8. The monoisotopic (exact) mass is 268 g/mol. The molecule has 20 heavy (non-hydrogen) atoms. The van der Waals surface area contributed by atoms with Gasteiger partial charge in [-0.2, -0.15) is 5.10 Å². The minimum absolute atomic E-state index is 0.219. The van der Waals surface area contributed by atoms with E-state index < -0.39 is 0 Å². The third-order valence-electron chi connectivity index (χ3n) is 4.06. The number of aromatic nitrogens is 2. The molecule has 2 aliphatic heterocycles. The lowest BCUT2D eigenvalue weighted by molar-refractivity contribution is -0.117. The molecule has 2 aromatic rings. The Labute approximate surface area is 117 Å². The number of carbonyl (C=O) groups is 1. The van der Waals surface area contributed by atoms with E-state index in [1.807, 2.05) is 17.0 Å². The molecular weight excluding hydrogens is 252 g/mol. The number of benzene rings is 1. The number of nitrogens with one attached hydrogen (secondary N) is 2. The Morgan fingerprint density at radius 3 is 3.05 bits per heavy atom. The normalized spacial score (nSPS) is 17.8. The first-order valence-corrected chi connectivity index (χ1v) is 7.00. The molecule has 1 aromatic heterocycles. The van der Waals surface area contributed by atoms with Gasteiger partial charge in [0.15, 0.2) is 0 Å². The highest BCUT2D eigenvalue weighted by molar-refractivity contribution is 5.95. The van der Waals surface area contributed by atoms with Gasteiger partial charge in [0.05, 0.1) is 11.4 Å². The molecule has 0 saturated carbocycles. The summed E-state index contributed by atoms with van der Waals surface area (Å²) >= 11 is 0. The quantitative estimate of drug-likeness (QED) is 0.873. The molecule has 0 aliphatic carbocycles. The van der Waals surface area contributed by atoms with E-state index in [-0.39, 0.29) is 5.91 Å². The van der Waals surface area contributed by atoms with Gasteiger partial charge in [-0.15, -0.1) is 0 Å². The van der Waals surface area contributed by atoms with Crippen molar-refractivity contribution in [1.29, 1.82) is 0 Å². The van der Waals surface area contributed by atoms with Gasteiger partial charge in [0, 0.05) is 42.9 Å². The summed E-state index contributed by atoms with van der Waals surface area (Å²) < 4.78 is 0. The maximum Gasteiger partial charge on any atom is 0.227 e. The van der Waals surface area contributed by atoms with Gasteiger partial charge in [-0.3, -0.25) is 9.89 Å². The number of aromatic amines is 1. The van der Waals surface area contributed by atoms with Gasteiger partial charge >= 0.3 is 0 Å². The van der Waals surface area contributed by atoms with Gasteiger partial charge < -0.3 is 10.2 Å². The van der Waals surface area contributed by atoms with Crippen LogP contribution in [0.5, 0.6) is 0 Å². The van der Waals surface area contributed by atoms with Crippen LogP contribution in [0.1, 0.15) is 24.1 Å². The third kappa shape index (κ3) is 1.74. The lowest BCUT2D eigenvalue weighted by Gasteiger charge is -2.16. The van der Waals surface area contributed by atoms with E-state index in [1.54, 1.807) is 0 Å². The Bertz CT molecular complexity index is 676. The third-order valence-corrected chi connectivity index (χ3v) is 4.06. The van der Waals surface area contributed by atoms with Gasteiger partial charge in [-0.25, -0.2) is 0 Å². The zero-order valence-corrected chi connectivity index (χ0v) is 11.1. The van der Waals surface area contributed by atoms with Crippen LogP contribution in [-0.2, 0) is 17.9 Å². The molecule has 1 amide bonds. The van der Waals surface area contributed by atoms with E-state index in [1.165, 1.54) is 11.3 Å². The Hall–Kier alpha value is -2.14. The highest BCUT2D eigenvalue weighted by atomic mass is 16.2. The van der Waals surface area contributed by atoms with Crippen LogP contribution in [0, 0.1) is 0 Å². The number of fused-ring (bicyclic) bond motifs is 1. The van der Waals surface area contributed by atoms with Crippen molar-refractivity contribution in [3.63, 3.8) is 0 Å². The van der Waals surface area contributed by atoms with Crippen LogP contribution in [0.4, 0.5) is 5.69 Å². The summed E-state index contributed by atoms with van der Waals surface area (Å²) in [7, 11) is 0. The molecule has 0 spiro atoms. The van der Waals surface area contributed by atoms with Crippen LogP contribution in [0.25, 0.3) is 11.3 Å². The highest BCUT2D eigenvalue weighted by Crippen LogP contribution is 2.30. The predicted molar refractivity (Wildman–Crippen MR) is 76.2 cm³/mol. The van der Waals surface area contributed by atoms with Gasteiger partial charge in [0.2, 0.25) is 5.91 Å². The highest BCUT2D eigenvalue weighted by Gasteiger charge is 2.23. The zero-order valence-electron chi connectivity index (χ0n) is 11.1. The molecule has 0 bridgehead atoms. The number of anilines is 1. The standard InChI is InChI=1S/C15H16N4O/c20-14-5-2-6-19(14)11-4-1-3-10(7-11)15-12-8-16-9-13(12)17-18-15/h1,3-4,7,16H,2,5-6,8-9H2,(H,17,18). The van der Waals surface area contributed by atoms with Crippen LogP contribution >= 0.6 is 0 Å². The maximum absolute atomic E-state index is 11.9. The first-order chi connectivity index (χ1) is 9.83. The number of amides is 1. The average Bonchev–Trinajstić information content (AvgIpc) is 3.14. The maximum atomic E-state index is 11.9. The van der Waals surface area contributed by atoms with Crippen molar-refractivity contribution in [1.82, 2.24) is 15.5 Å². The van der Waals surface area contributed by atoms with Gasteiger partial charge in [-0.05, 0) is 18.6 Å². The minimum atomic E-state index is 0.219. The fraction of sp³-hybridized carbons (Fsp3) is 0.333. The van der Waals surface area contributed by atoms with Gasteiger partial charge in [0.1, 0.15) is 0 Å². The molecule has 5 nitrogen and oxygen atoms in total. The molecule has 1 saturated heterocycles. The molecule has 0 radical (unpaired) electrons. The predicted octanol–water partition coefficient (Wildman–Crippen LogP) is 1.81. The van der Waals surface area contributed by atoms with Crippen molar-refractivity contribution in [2.45, 2.75) is 25.9 Å². The van der Waals surface area contributed by atoms with Crippen molar-refractivity contribution in [3.05, 3.63) is 35.5 Å². The van der Waals surface area contributed by atoms with Crippen molar-refractivity contribution in [2.75, 3.05) is 11.4 Å². The van der Waals surface area contributed by atoms with Crippen molar-refractivity contribution in [3.8, 4) is 11.3 Å². The number of rotatable bonds is 2. The number of hydrogen-bond acceptors (Lipinski definition) is 3. The SMILES string of the molecule is O=C1CCCN1c1cccc(-c2n[nH]c3c2CNC3)c1. The molecule has 2 aliphatic rings. The average molecular weight is 268 g/mol. The molecule has 1 aromatic carbocycles. The van der Waals surface area contributed by atoms with Gasteiger partial charge in [0.25, 0.3) is 0 Å². The van der Waals surface area contributed by atoms with E-state index in [2.05, 4.69) is 27.6 Å². The van der Waals surface area contributed by atoms with Crippen LogP contribution in [-0.4, -0.2) is 22.6 Å². The Morgan fingerprint density at radius 2 is 2.20 bits per heavy atom. The number of nitrogens with zero attached hydrogens (tertiary/aromatic N) is 2. The number of carbonyl (C=O) groups excluding carboxylic acids is 1. The Kier molecular flexibility index (Phi) is 2.60. The second kappa shape index (κ2) is 4.45. The summed E-state index contributed by atoms with van der Waals surface area (Å²) in [6.45, 7) is 2.53.